The van der Waals surface area contributed by atoms with Gasteiger partial charge in [-0.2, -0.15) is 0 Å². The third-order valence-corrected chi connectivity index (χ3v) is 5.44. The van der Waals surface area contributed by atoms with Crippen LogP contribution in [0.1, 0.15) is 26.7 Å². The van der Waals surface area contributed by atoms with Crippen LogP contribution in [0.4, 0.5) is 0 Å². The summed E-state index contributed by atoms with van der Waals surface area (Å²) in [6, 6.07) is 6.28. The lowest BCUT2D eigenvalue weighted by Crippen LogP contribution is -2.49. The zero-order valence-electron chi connectivity index (χ0n) is 11.4. The van der Waals surface area contributed by atoms with E-state index in [9.17, 15) is 8.42 Å². The van der Waals surface area contributed by atoms with Gasteiger partial charge in [0.2, 0.25) is 10.0 Å². The van der Waals surface area contributed by atoms with Crippen molar-refractivity contribution < 1.29 is 13.2 Å². The summed E-state index contributed by atoms with van der Waals surface area (Å²) in [4.78, 5) is 0.213. The normalized spacial score (nSPS) is 12.4. The zero-order valence-corrected chi connectivity index (χ0v) is 13.0. The molecule has 0 aliphatic heterocycles. The van der Waals surface area contributed by atoms with E-state index in [-0.39, 0.29) is 10.8 Å². The molecule has 0 aliphatic carbocycles. The Bertz CT molecular complexity index is 487. The van der Waals surface area contributed by atoms with Gasteiger partial charge < -0.3 is 4.74 Å². The molecule has 0 aliphatic rings. The summed E-state index contributed by atoms with van der Waals surface area (Å²) in [6.45, 7) is 3.84. The number of rotatable bonds is 7. The lowest BCUT2D eigenvalue weighted by atomic mass is 9.97. The van der Waals surface area contributed by atoms with Crippen LogP contribution in [0, 0.1) is 0 Å². The quantitative estimate of drug-likeness (QED) is 0.788. The van der Waals surface area contributed by atoms with Gasteiger partial charge in [0, 0.05) is 11.4 Å². The van der Waals surface area contributed by atoms with Gasteiger partial charge in [0.1, 0.15) is 5.75 Å². The van der Waals surface area contributed by atoms with Crippen LogP contribution in [0.15, 0.2) is 29.2 Å². The zero-order chi connectivity index (χ0) is 14.5. The molecule has 0 amide bonds. The van der Waals surface area contributed by atoms with Gasteiger partial charge >= 0.3 is 0 Å². The maximum atomic E-state index is 12.3. The molecular formula is C13H20ClNO3S. The van der Waals surface area contributed by atoms with Crippen LogP contribution >= 0.6 is 11.6 Å². The van der Waals surface area contributed by atoms with Crippen molar-refractivity contribution >= 4 is 21.6 Å². The molecule has 0 heterocycles. The van der Waals surface area contributed by atoms with Crippen molar-refractivity contribution in [3.8, 4) is 5.75 Å². The van der Waals surface area contributed by atoms with Gasteiger partial charge in [-0.25, -0.2) is 13.1 Å². The van der Waals surface area contributed by atoms with Gasteiger partial charge in [0.15, 0.2) is 0 Å². The van der Waals surface area contributed by atoms with Gasteiger partial charge in [-0.05, 0) is 37.1 Å². The van der Waals surface area contributed by atoms with E-state index >= 15 is 0 Å². The molecule has 0 aromatic heterocycles. The Hall–Kier alpha value is -0.780. The second kappa shape index (κ2) is 6.59. The number of hydrogen-bond acceptors (Lipinski definition) is 3. The number of halogens is 1. The van der Waals surface area contributed by atoms with Crippen LogP contribution in [0.3, 0.4) is 0 Å². The van der Waals surface area contributed by atoms with Gasteiger partial charge in [-0.3, -0.25) is 0 Å². The fourth-order valence-electron chi connectivity index (χ4n) is 1.71. The summed E-state index contributed by atoms with van der Waals surface area (Å²) in [7, 11) is -2.03. The minimum atomic E-state index is -3.57. The number of methoxy groups -OCH3 is 1. The van der Waals surface area contributed by atoms with E-state index < -0.39 is 15.6 Å². The molecule has 0 unspecified atom stereocenters. The Morgan fingerprint density at radius 3 is 2.11 bits per heavy atom. The predicted molar refractivity (Wildman–Crippen MR) is 77.3 cm³/mol. The van der Waals surface area contributed by atoms with Gasteiger partial charge in [-0.1, -0.05) is 13.8 Å². The molecule has 6 heteroatoms. The highest BCUT2D eigenvalue weighted by Crippen LogP contribution is 2.22. The summed E-state index contributed by atoms with van der Waals surface area (Å²) in [5, 5.41) is 0. The molecule has 0 saturated heterocycles. The first kappa shape index (κ1) is 16.3. The fraction of sp³-hybridized carbons (Fsp3) is 0.538. The van der Waals surface area contributed by atoms with Crippen molar-refractivity contribution in [2.24, 2.45) is 0 Å². The molecule has 1 N–H and O–H groups in total. The molecule has 1 rings (SSSR count). The lowest BCUT2D eigenvalue weighted by Gasteiger charge is -2.30. The van der Waals surface area contributed by atoms with Crippen molar-refractivity contribution in [2.75, 3.05) is 13.0 Å². The predicted octanol–water partition coefficient (Wildman–Crippen LogP) is 2.77. The van der Waals surface area contributed by atoms with Gasteiger partial charge in [0.05, 0.1) is 12.0 Å². The van der Waals surface area contributed by atoms with Crippen LogP contribution in [0.5, 0.6) is 5.75 Å². The monoisotopic (exact) mass is 305 g/mol. The summed E-state index contributed by atoms with van der Waals surface area (Å²) in [5.41, 5.74) is -0.597. The third-order valence-electron chi connectivity index (χ3n) is 3.33. The molecule has 0 fully saturated rings. The summed E-state index contributed by atoms with van der Waals surface area (Å²) in [6.07, 6.45) is 1.28. The summed E-state index contributed by atoms with van der Waals surface area (Å²) >= 11 is 5.92. The Labute approximate surface area is 120 Å². The van der Waals surface area contributed by atoms with Crippen molar-refractivity contribution in [3.05, 3.63) is 24.3 Å². The molecule has 108 valence electrons. The number of sulfonamides is 1. The Balaban J connectivity index is 3.03. The topological polar surface area (TPSA) is 55.4 Å². The number of nitrogens with one attached hydrogen (secondary N) is 1. The van der Waals surface area contributed by atoms with E-state index in [1.54, 1.807) is 12.1 Å². The summed E-state index contributed by atoms with van der Waals surface area (Å²) in [5.74, 6) is 0.864. The van der Waals surface area contributed by atoms with Crippen molar-refractivity contribution in [1.29, 1.82) is 0 Å². The van der Waals surface area contributed by atoms with E-state index in [4.69, 9.17) is 16.3 Å². The highest BCUT2D eigenvalue weighted by Gasteiger charge is 2.31. The molecule has 1 aromatic rings. The molecule has 0 spiro atoms. The number of alkyl halides is 1. The van der Waals surface area contributed by atoms with Crippen LogP contribution in [0.25, 0.3) is 0 Å². The average molecular weight is 306 g/mol. The SMILES string of the molecule is CCC(CC)(CCl)NS(=O)(=O)c1ccc(OC)cc1. The van der Waals surface area contributed by atoms with Crippen LogP contribution in [-0.4, -0.2) is 26.9 Å². The first-order chi connectivity index (χ1) is 8.93. The molecular weight excluding hydrogens is 286 g/mol. The van der Waals surface area contributed by atoms with Gasteiger partial charge in [0.25, 0.3) is 0 Å². The maximum absolute atomic E-state index is 12.3. The minimum absolute atomic E-state index is 0.213. The number of benzene rings is 1. The van der Waals surface area contributed by atoms with Gasteiger partial charge in [-0.15, -0.1) is 11.6 Å². The average Bonchev–Trinajstić information content (AvgIpc) is 2.45. The molecule has 1 aromatic carbocycles. The van der Waals surface area contributed by atoms with E-state index in [1.807, 2.05) is 13.8 Å². The van der Waals surface area contributed by atoms with Crippen LogP contribution in [-0.2, 0) is 10.0 Å². The second-order valence-electron chi connectivity index (χ2n) is 4.40. The first-order valence-electron chi connectivity index (χ1n) is 6.17. The fourth-order valence-corrected chi connectivity index (χ4v) is 3.78. The molecule has 4 nitrogen and oxygen atoms in total. The molecule has 0 radical (unpaired) electrons. The van der Waals surface area contributed by atoms with E-state index in [0.29, 0.717) is 18.6 Å². The Morgan fingerprint density at radius 1 is 1.21 bits per heavy atom. The first-order valence-corrected chi connectivity index (χ1v) is 8.19. The van der Waals surface area contributed by atoms with E-state index in [0.717, 1.165) is 0 Å². The number of hydrogen-bond donors (Lipinski definition) is 1. The van der Waals surface area contributed by atoms with Crippen molar-refractivity contribution in [1.82, 2.24) is 4.72 Å². The minimum Gasteiger partial charge on any atom is -0.497 e. The molecule has 19 heavy (non-hydrogen) atoms. The lowest BCUT2D eigenvalue weighted by molar-refractivity contribution is 0.393. The van der Waals surface area contributed by atoms with Crippen LogP contribution < -0.4 is 9.46 Å². The highest BCUT2D eigenvalue weighted by molar-refractivity contribution is 7.89. The Morgan fingerprint density at radius 2 is 1.74 bits per heavy atom. The molecule has 0 atom stereocenters. The Kier molecular flexibility index (Phi) is 5.64. The molecule has 0 saturated carbocycles. The highest BCUT2D eigenvalue weighted by atomic mass is 35.5. The van der Waals surface area contributed by atoms with E-state index in [2.05, 4.69) is 4.72 Å². The smallest absolute Gasteiger partial charge is 0.241 e. The van der Waals surface area contributed by atoms with Crippen molar-refractivity contribution in [3.63, 3.8) is 0 Å². The number of ether oxygens (including phenoxy) is 1. The largest absolute Gasteiger partial charge is 0.497 e. The third kappa shape index (κ3) is 3.84. The van der Waals surface area contributed by atoms with E-state index in [1.165, 1.54) is 19.2 Å². The standard InChI is InChI=1S/C13H20ClNO3S/c1-4-13(5-2,10-14)15-19(16,17)12-8-6-11(18-3)7-9-12/h6-9,15H,4-5,10H2,1-3H3. The second-order valence-corrected chi connectivity index (χ2v) is 6.35. The van der Waals surface area contributed by atoms with Crippen LogP contribution in [0.2, 0.25) is 0 Å². The summed E-state index contributed by atoms with van der Waals surface area (Å²) < 4.78 is 32.3. The van der Waals surface area contributed by atoms with Crippen molar-refractivity contribution in [2.45, 2.75) is 37.1 Å². The molecule has 0 bridgehead atoms. The maximum Gasteiger partial charge on any atom is 0.241 e.